The highest BCUT2D eigenvalue weighted by Crippen LogP contribution is 2.19. The summed E-state index contributed by atoms with van der Waals surface area (Å²) in [6.07, 6.45) is 91.2. The van der Waals surface area contributed by atoms with E-state index in [2.05, 4.69) is 81.5 Å². The lowest BCUT2D eigenvalue weighted by molar-refractivity contribution is -0.167. The van der Waals surface area contributed by atoms with Crippen LogP contribution in [0.25, 0.3) is 0 Å². The van der Waals surface area contributed by atoms with Gasteiger partial charge >= 0.3 is 17.9 Å². The third-order valence-electron chi connectivity index (χ3n) is 16.3. The van der Waals surface area contributed by atoms with E-state index in [0.29, 0.717) is 19.3 Å². The molecule has 478 valence electrons. The standard InChI is InChI=1S/C76H138O6/c1-4-7-10-13-16-19-22-25-28-31-33-34-35-36-37-38-39-40-41-43-45-48-51-54-57-60-63-66-69-75(78)81-72-73(71-80-74(77)68-65-62-59-56-53-50-47-44-30-27-24-21-18-15-12-9-6-3)82-76(79)70-67-64-61-58-55-52-49-46-42-32-29-26-23-20-17-14-11-8-5-2/h9,12,18,21,26-27,29-30,47,50,73H,4-8,10-11,13-17,19-20,22-25,28,31-46,48-49,51-72H2,1-3H3/b12-9-,21-18-,29-26-,30-27-,50-47-. The van der Waals surface area contributed by atoms with Crippen LogP contribution in [-0.2, 0) is 28.6 Å². The molecular weight excluding hydrogens is 1010 g/mol. The molecule has 0 spiro atoms. The zero-order chi connectivity index (χ0) is 59.2. The van der Waals surface area contributed by atoms with Gasteiger partial charge in [0.05, 0.1) is 0 Å². The summed E-state index contributed by atoms with van der Waals surface area (Å²) < 4.78 is 17.0. The molecule has 0 N–H and O–H groups in total. The van der Waals surface area contributed by atoms with Gasteiger partial charge < -0.3 is 14.2 Å². The van der Waals surface area contributed by atoms with E-state index in [9.17, 15) is 14.4 Å². The molecule has 0 rings (SSSR count). The van der Waals surface area contributed by atoms with E-state index < -0.39 is 6.10 Å². The average Bonchev–Trinajstić information content (AvgIpc) is 3.47. The Kier molecular flexibility index (Phi) is 68.1. The largest absolute Gasteiger partial charge is 0.462 e. The molecule has 82 heavy (non-hydrogen) atoms. The third kappa shape index (κ3) is 67.9. The Hall–Kier alpha value is -2.89. The number of carbonyl (C=O) groups is 3. The van der Waals surface area contributed by atoms with Crippen LogP contribution in [0.3, 0.4) is 0 Å². The molecule has 1 unspecified atom stereocenters. The predicted octanol–water partition coefficient (Wildman–Crippen LogP) is 25.1. The Balaban J connectivity index is 4.27. The van der Waals surface area contributed by atoms with Crippen LogP contribution < -0.4 is 0 Å². The maximum Gasteiger partial charge on any atom is 0.306 e. The molecule has 1 atom stereocenters. The lowest BCUT2D eigenvalue weighted by atomic mass is 10.0. The molecule has 0 saturated heterocycles. The predicted molar refractivity (Wildman–Crippen MR) is 358 cm³/mol. The zero-order valence-corrected chi connectivity index (χ0v) is 55.0. The number of allylic oxidation sites excluding steroid dienone is 10. The van der Waals surface area contributed by atoms with Crippen molar-refractivity contribution in [2.45, 2.75) is 393 Å². The van der Waals surface area contributed by atoms with Crippen molar-refractivity contribution in [1.82, 2.24) is 0 Å². The Labute approximate surface area is 510 Å². The van der Waals surface area contributed by atoms with Gasteiger partial charge in [-0.2, -0.15) is 0 Å². The van der Waals surface area contributed by atoms with E-state index >= 15 is 0 Å². The molecule has 0 aliphatic heterocycles. The van der Waals surface area contributed by atoms with Crippen LogP contribution in [0.15, 0.2) is 60.8 Å². The first-order chi connectivity index (χ1) is 40.5. The molecule has 0 aliphatic carbocycles. The second-order valence-electron chi connectivity index (χ2n) is 24.5. The maximum atomic E-state index is 13.0. The quantitative estimate of drug-likeness (QED) is 0.0261. The second-order valence-corrected chi connectivity index (χ2v) is 24.5. The Morgan fingerprint density at radius 1 is 0.256 bits per heavy atom. The average molecular weight is 1150 g/mol. The van der Waals surface area contributed by atoms with Crippen LogP contribution in [-0.4, -0.2) is 37.2 Å². The molecule has 0 aromatic carbocycles. The first-order valence-corrected chi connectivity index (χ1v) is 36.3. The monoisotopic (exact) mass is 1150 g/mol. The number of carbonyl (C=O) groups excluding carboxylic acids is 3. The lowest BCUT2D eigenvalue weighted by Gasteiger charge is -2.18. The molecule has 0 aromatic rings. The summed E-state index contributed by atoms with van der Waals surface area (Å²) >= 11 is 0. The van der Waals surface area contributed by atoms with E-state index in [1.807, 2.05) is 0 Å². The highest BCUT2D eigenvalue weighted by molar-refractivity contribution is 5.71. The highest BCUT2D eigenvalue weighted by atomic mass is 16.6. The first-order valence-electron chi connectivity index (χ1n) is 36.3. The fraction of sp³-hybridized carbons (Fsp3) is 0.829. The van der Waals surface area contributed by atoms with Crippen molar-refractivity contribution < 1.29 is 28.6 Å². The summed E-state index contributed by atoms with van der Waals surface area (Å²) in [4.78, 5) is 38.5. The van der Waals surface area contributed by atoms with Gasteiger partial charge in [-0.25, -0.2) is 0 Å². The smallest absolute Gasteiger partial charge is 0.306 e. The number of hydrogen-bond acceptors (Lipinski definition) is 6. The number of ether oxygens (including phenoxy) is 3. The van der Waals surface area contributed by atoms with Crippen molar-refractivity contribution in [3.05, 3.63) is 60.8 Å². The summed E-state index contributed by atoms with van der Waals surface area (Å²) in [5.41, 5.74) is 0. The summed E-state index contributed by atoms with van der Waals surface area (Å²) in [5.74, 6) is -0.881. The minimum absolute atomic E-state index is 0.0792. The minimum atomic E-state index is -0.786. The van der Waals surface area contributed by atoms with Crippen LogP contribution in [0.5, 0.6) is 0 Å². The maximum absolute atomic E-state index is 13.0. The second kappa shape index (κ2) is 70.6. The van der Waals surface area contributed by atoms with E-state index in [-0.39, 0.29) is 31.1 Å². The van der Waals surface area contributed by atoms with E-state index in [1.165, 1.54) is 250 Å². The Bertz CT molecular complexity index is 1460. The molecule has 0 radical (unpaired) electrons. The third-order valence-corrected chi connectivity index (χ3v) is 16.3. The molecule has 6 nitrogen and oxygen atoms in total. The lowest BCUT2D eigenvalue weighted by Crippen LogP contribution is -2.30. The van der Waals surface area contributed by atoms with Gasteiger partial charge in [0, 0.05) is 19.3 Å². The Morgan fingerprint density at radius 2 is 0.476 bits per heavy atom. The molecule has 0 amide bonds. The summed E-state index contributed by atoms with van der Waals surface area (Å²) in [6, 6.07) is 0. The van der Waals surface area contributed by atoms with Crippen LogP contribution in [0, 0.1) is 0 Å². The van der Waals surface area contributed by atoms with Crippen molar-refractivity contribution in [3.63, 3.8) is 0 Å². The van der Waals surface area contributed by atoms with E-state index in [4.69, 9.17) is 14.2 Å². The van der Waals surface area contributed by atoms with Gasteiger partial charge in [0.25, 0.3) is 0 Å². The van der Waals surface area contributed by atoms with E-state index in [0.717, 1.165) is 96.3 Å². The number of hydrogen-bond donors (Lipinski definition) is 0. The molecule has 6 heteroatoms. The van der Waals surface area contributed by atoms with Crippen LogP contribution in [0.4, 0.5) is 0 Å². The number of unbranched alkanes of at least 4 members (excludes halogenated alkanes) is 46. The Morgan fingerprint density at radius 3 is 0.756 bits per heavy atom. The fourth-order valence-corrected chi connectivity index (χ4v) is 10.8. The van der Waals surface area contributed by atoms with Crippen molar-refractivity contribution >= 4 is 17.9 Å². The van der Waals surface area contributed by atoms with Crippen molar-refractivity contribution in [2.24, 2.45) is 0 Å². The zero-order valence-electron chi connectivity index (χ0n) is 55.0. The fourth-order valence-electron chi connectivity index (χ4n) is 10.8. The molecule has 0 fully saturated rings. The van der Waals surface area contributed by atoms with Gasteiger partial charge in [-0.3, -0.25) is 14.4 Å². The minimum Gasteiger partial charge on any atom is -0.462 e. The van der Waals surface area contributed by atoms with Gasteiger partial charge in [-0.1, -0.05) is 345 Å². The molecule has 0 aromatic heterocycles. The number of esters is 3. The van der Waals surface area contributed by atoms with Gasteiger partial charge in [0.1, 0.15) is 13.2 Å². The van der Waals surface area contributed by atoms with Gasteiger partial charge in [-0.15, -0.1) is 0 Å². The van der Waals surface area contributed by atoms with Crippen molar-refractivity contribution in [2.75, 3.05) is 13.2 Å². The summed E-state index contributed by atoms with van der Waals surface area (Å²) in [6.45, 7) is 6.57. The molecule has 0 aliphatic rings. The summed E-state index contributed by atoms with van der Waals surface area (Å²) in [7, 11) is 0. The van der Waals surface area contributed by atoms with Crippen molar-refractivity contribution in [3.8, 4) is 0 Å². The molecule has 0 bridgehead atoms. The molecule has 0 saturated carbocycles. The topological polar surface area (TPSA) is 78.9 Å². The van der Waals surface area contributed by atoms with Crippen LogP contribution >= 0.6 is 0 Å². The molecule has 0 heterocycles. The van der Waals surface area contributed by atoms with Gasteiger partial charge in [0.15, 0.2) is 6.10 Å². The van der Waals surface area contributed by atoms with Gasteiger partial charge in [-0.05, 0) is 83.5 Å². The van der Waals surface area contributed by atoms with Crippen LogP contribution in [0.1, 0.15) is 387 Å². The normalized spacial score (nSPS) is 12.4. The van der Waals surface area contributed by atoms with Crippen molar-refractivity contribution in [1.29, 1.82) is 0 Å². The SMILES string of the molecule is CC/C=C\C/C=C\C/C=C\C/C=C\CCCCCCC(=O)OCC(COC(=O)CCCCCCCCCCCCCCCCCCCCCCCCCCCCCC)OC(=O)CCCCCCCCCCC/C=C\CCCCCCCC. The first kappa shape index (κ1) is 79.1. The van der Waals surface area contributed by atoms with Crippen LogP contribution in [0.2, 0.25) is 0 Å². The van der Waals surface area contributed by atoms with Gasteiger partial charge in [0.2, 0.25) is 0 Å². The molecular formula is C76H138O6. The number of rotatable bonds is 67. The highest BCUT2D eigenvalue weighted by Gasteiger charge is 2.19. The van der Waals surface area contributed by atoms with E-state index in [1.54, 1.807) is 0 Å². The summed E-state index contributed by atoms with van der Waals surface area (Å²) in [5, 5.41) is 0.